The first kappa shape index (κ1) is 14.6. The van der Waals surface area contributed by atoms with Gasteiger partial charge in [-0.3, -0.25) is 0 Å². The molecule has 1 saturated heterocycles. The van der Waals surface area contributed by atoms with Crippen LogP contribution >= 0.6 is 22.6 Å². The smallest absolute Gasteiger partial charge is 0.410 e. The molecule has 0 spiro atoms. The minimum atomic E-state index is -0.258. The van der Waals surface area contributed by atoms with Gasteiger partial charge in [0.05, 0.1) is 0 Å². The second kappa shape index (κ2) is 4.58. The van der Waals surface area contributed by atoms with Crippen molar-refractivity contribution in [2.75, 3.05) is 6.61 Å². The van der Waals surface area contributed by atoms with Gasteiger partial charge in [0.25, 0.3) is 0 Å². The molecule has 3 nitrogen and oxygen atoms in total. The quantitative estimate of drug-likeness (QED) is 0.458. The number of halogens is 1. The van der Waals surface area contributed by atoms with E-state index in [1.165, 1.54) is 12.8 Å². The second-order valence-corrected chi connectivity index (χ2v) is 9.55. The molecule has 0 aromatic heterocycles. The van der Waals surface area contributed by atoms with Gasteiger partial charge in [-0.05, 0) is 65.5 Å². The van der Waals surface area contributed by atoms with Crippen molar-refractivity contribution < 1.29 is 9.31 Å². The van der Waals surface area contributed by atoms with Gasteiger partial charge in [-0.25, -0.2) is 0 Å². The molecule has 0 bridgehead atoms. The van der Waals surface area contributed by atoms with E-state index < -0.39 is 0 Å². The van der Waals surface area contributed by atoms with E-state index in [0.717, 1.165) is 12.5 Å². The van der Waals surface area contributed by atoms with Gasteiger partial charge in [0, 0.05) is 18.5 Å². The fraction of sp³-hybridized carbons (Fsp3) is 1.00. The molecular formula is C14H25BINO2. The van der Waals surface area contributed by atoms with Gasteiger partial charge in [0.1, 0.15) is 3.61 Å². The van der Waals surface area contributed by atoms with Crippen LogP contribution in [0.15, 0.2) is 0 Å². The molecule has 1 heterocycles. The van der Waals surface area contributed by atoms with Gasteiger partial charge in [0.15, 0.2) is 0 Å². The van der Waals surface area contributed by atoms with Gasteiger partial charge >= 0.3 is 7.12 Å². The monoisotopic (exact) mass is 377 g/mol. The summed E-state index contributed by atoms with van der Waals surface area (Å²) in [6.07, 6.45) is 2.65. The van der Waals surface area contributed by atoms with E-state index in [4.69, 9.17) is 15.0 Å². The Morgan fingerprint density at radius 1 is 1.26 bits per heavy atom. The second-order valence-electron chi connectivity index (χ2n) is 7.41. The molecule has 0 amide bonds. The SMILES string of the molecule is CC(C)C(N)B1OCC2CC3CC(C(C)(I)O1)C23C. The zero-order valence-electron chi connectivity index (χ0n) is 12.4. The third kappa shape index (κ3) is 2.02. The van der Waals surface area contributed by atoms with Gasteiger partial charge in [-0.2, -0.15) is 0 Å². The van der Waals surface area contributed by atoms with E-state index in [9.17, 15) is 0 Å². The third-order valence-corrected chi connectivity index (χ3v) is 7.12. The van der Waals surface area contributed by atoms with Gasteiger partial charge in [0.2, 0.25) is 0 Å². The maximum atomic E-state index is 6.31. The van der Waals surface area contributed by atoms with Crippen LogP contribution in [-0.4, -0.2) is 23.3 Å². The van der Waals surface area contributed by atoms with Gasteiger partial charge in [-0.15, -0.1) is 0 Å². The van der Waals surface area contributed by atoms with Crippen LogP contribution in [0.1, 0.15) is 40.5 Å². The molecule has 3 fully saturated rings. The molecule has 3 aliphatic rings. The van der Waals surface area contributed by atoms with E-state index in [0.29, 0.717) is 23.2 Å². The topological polar surface area (TPSA) is 44.5 Å². The van der Waals surface area contributed by atoms with E-state index in [1.54, 1.807) is 0 Å². The average Bonchev–Trinajstić information content (AvgIpc) is 2.33. The molecule has 1 aliphatic heterocycles. The van der Waals surface area contributed by atoms with Crippen molar-refractivity contribution in [1.82, 2.24) is 0 Å². The molecule has 5 heteroatoms. The largest absolute Gasteiger partial charge is 0.476 e. The van der Waals surface area contributed by atoms with E-state index in [2.05, 4.69) is 50.3 Å². The van der Waals surface area contributed by atoms with Crippen molar-refractivity contribution in [2.24, 2.45) is 34.8 Å². The lowest BCUT2D eigenvalue weighted by atomic mass is 9.37. The van der Waals surface area contributed by atoms with Crippen molar-refractivity contribution in [3.63, 3.8) is 0 Å². The Balaban J connectivity index is 1.80. The summed E-state index contributed by atoms with van der Waals surface area (Å²) in [7, 11) is -0.258. The minimum absolute atomic E-state index is 0.0469. The molecule has 108 valence electrons. The molecule has 0 radical (unpaired) electrons. The average molecular weight is 377 g/mol. The summed E-state index contributed by atoms with van der Waals surface area (Å²) in [6.45, 7) is 9.73. The summed E-state index contributed by atoms with van der Waals surface area (Å²) in [6, 6.07) is 0. The summed E-state index contributed by atoms with van der Waals surface area (Å²) in [5.74, 6) is 2.58. The maximum Gasteiger partial charge on any atom is 0.476 e. The van der Waals surface area contributed by atoms with Crippen molar-refractivity contribution in [3.05, 3.63) is 0 Å². The summed E-state index contributed by atoms with van der Waals surface area (Å²) in [5, 5.41) is 0. The van der Waals surface area contributed by atoms with Crippen molar-refractivity contribution in [2.45, 2.75) is 50.1 Å². The third-order valence-electron chi connectivity index (χ3n) is 6.11. The molecule has 0 aromatic rings. The minimum Gasteiger partial charge on any atom is -0.410 e. The molecular weight excluding hydrogens is 352 g/mol. The number of hydrogen-bond donors (Lipinski definition) is 1. The van der Waals surface area contributed by atoms with E-state index in [-0.39, 0.29) is 16.7 Å². The summed E-state index contributed by atoms with van der Waals surface area (Å²) >= 11 is 2.48. The maximum absolute atomic E-state index is 6.31. The molecule has 2 aliphatic carbocycles. The van der Waals surface area contributed by atoms with Crippen LogP contribution in [0.3, 0.4) is 0 Å². The fourth-order valence-corrected chi connectivity index (χ4v) is 5.57. The lowest BCUT2D eigenvalue weighted by Gasteiger charge is -2.71. The lowest BCUT2D eigenvalue weighted by Crippen LogP contribution is -2.70. The predicted octanol–water partition coefficient (Wildman–Crippen LogP) is 2.86. The zero-order chi connectivity index (χ0) is 14.0. The summed E-state index contributed by atoms with van der Waals surface area (Å²) < 4.78 is 12.2. The Labute approximate surface area is 130 Å². The van der Waals surface area contributed by atoms with Crippen LogP contribution in [0.2, 0.25) is 0 Å². The highest BCUT2D eigenvalue weighted by Gasteiger charge is 2.68. The van der Waals surface area contributed by atoms with Crippen LogP contribution in [0.25, 0.3) is 0 Å². The number of alkyl halides is 1. The summed E-state index contributed by atoms with van der Waals surface area (Å²) in [4.78, 5) is 0. The van der Waals surface area contributed by atoms with Crippen LogP contribution in [0, 0.1) is 29.1 Å². The molecule has 2 saturated carbocycles. The van der Waals surface area contributed by atoms with E-state index in [1.807, 2.05) is 0 Å². The first-order valence-electron chi connectivity index (χ1n) is 7.50. The molecule has 2 N–H and O–H groups in total. The Bertz CT molecular complexity index is 378. The Kier molecular flexibility index (Phi) is 3.52. The number of nitrogens with two attached hydrogens (primary N) is 1. The standard InChI is InChI=1S/C14H25BINO2/c1-8(2)12(17)15-18-7-10-5-9-6-11(13(9,10)3)14(4,16)19-15/h8-12H,5-7,17H2,1-4H3. The van der Waals surface area contributed by atoms with Gasteiger partial charge in [-0.1, -0.05) is 20.8 Å². The normalized spacial score (nSPS) is 50.7. The highest BCUT2D eigenvalue weighted by molar-refractivity contribution is 14.1. The molecule has 6 atom stereocenters. The van der Waals surface area contributed by atoms with Crippen molar-refractivity contribution in [1.29, 1.82) is 0 Å². The first-order chi connectivity index (χ1) is 8.76. The zero-order valence-corrected chi connectivity index (χ0v) is 14.5. The fourth-order valence-electron chi connectivity index (χ4n) is 4.39. The van der Waals surface area contributed by atoms with Gasteiger partial charge < -0.3 is 15.0 Å². The van der Waals surface area contributed by atoms with E-state index >= 15 is 0 Å². The number of hydrogen-bond acceptors (Lipinski definition) is 3. The molecule has 3 rings (SSSR count). The molecule has 6 unspecified atom stereocenters. The van der Waals surface area contributed by atoms with Crippen molar-refractivity contribution >= 4 is 29.7 Å². The Morgan fingerprint density at radius 3 is 2.53 bits per heavy atom. The highest BCUT2D eigenvalue weighted by atomic mass is 127. The van der Waals surface area contributed by atoms with Crippen LogP contribution in [0.5, 0.6) is 0 Å². The first-order valence-corrected chi connectivity index (χ1v) is 8.58. The van der Waals surface area contributed by atoms with Crippen LogP contribution in [0.4, 0.5) is 0 Å². The predicted molar refractivity (Wildman–Crippen MR) is 85.8 cm³/mol. The highest BCUT2D eigenvalue weighted by Crippen LogP contribution is 2.72. The Hall–Kier alpha value is 0.675. The van der Waals surface area contributed by atoms with Crippen LogP contribution in [-0.2, 0) is 9.31 Å². The number of rotatable bonds is 2. The lowest BCUT2D eigenvalue weighted by molar-refractivity contribution is -0.236. The van der Waals surface area contributed by atoms with Crippen molar-refractivity contribution in [3.8, 4) is 0 Å². The Morgan fingerprint density at radius 2 is 1.95 bits per heavy atom. The molecule has 19 heavy (non-hydrogen) atoms. The summed E-state index contributed by atoms with van der Waals surface area (Å²) in [5.41, 5.74) is 6.72. The molecule has 0 aromatic carbocycles. The van der Waals surface area contributed by atoms with Crippen LogP contribution < -0.4 is 5.73 Å².